The SMILES string of the molecule is CC#Cc1ccc2c(c1)ncn2CCC1(C)CC(=O)N(C)C(=N)N1. The third-order valence-corrected chi connectivity index (χ3v) is 4.47. The highest BCUT2D eigenvalue weighted by molar-refractivity contribution is 5.98. The minimum absolute atomic E-state index is 0.0282. The van der Waals surface area contributed by atoms with Crippen LogP contribution in [0.1, 0.15) is 32.3 Å². The lowest BCUT2D eigenvalue weighted by Gasteiger charge is -2.39. The maximum absolute atomic E-state index is 12.0. The number of nitrogens with one attached hydrogen (secondary N) is 2. The van der Waals surface area contributed by atoms with Crippen molar-refractivity contribution in [1.82, 2.24) is 19.8 Å². The van der Waals surface area contributed by atoms with Gasteiger partial charge in [-0.25, -0.2) is 4.98 Å². The highest BCUT2D eigenvalue weighted by atomic mass is 16.2. The molecular formula is C18H21N5O. The number of hydrogen-bond donors (Lipinski definition) is 2. The first-order chi connectivity index (χ1) is 11.4. The van der Waals surface area contributed by atoms with Crippen LogP contribution in [0.3, 0.4) is 0 Å². The Kier molecular flexibility index (Phi) is 4.02. The number of hydrogen-bond acceptors (Lipinski definition) is 3. The predicted molar refractivity (Wildman–Crippen MR) is 93.6 cm³/mol. The van der Waals surface area contributed by atoms with E-state index < -0.39 is 5.54 Å². The van der Waals surface area contributed by atoms with Gasteiger partial charge in [-0.1, -0.05) is 5.92 Å². The largest absolute Gasteiger partial charge is 0.350 e. The third kappa shape index (κ3) is 2.98. The molecule has 1 aliphatic heterocycles. The van der Waals surface area contributed by atoms with Gasteiger partial charge in [0, 0.05) is 24.7 Å². The Morgan fingerprint density at radius 3 is 2.96 bits per heavy atom. The van der Waals surface area contributed by atoms with Gasteiger partial charge in [0.1, 0.15) is 0 Å². The molecule has 1 saturated heterocycles. The number of amides is 1. The average molecular weight is 323 g/mol. The van der Waals surface area contributed by atoms with Gasteiger partial charge < -0.3 is 9.88 Å². The van der Waals surface area contributed by atoms with E-state index in [-0.39, 0.29) is 11.9 Å². The Morgan fingerprint density at radius 1 is 1.46 bits per heavy atom. The van der Waals surface area contributed by atoms with Crippen LogP contribution < -0.4 is 5.32 Å². The summed E-state index contributed by atoms with van der Waals surface area (Å²) in [4.78, 5) is 17.8. The lowest BCUT2D eigenvalue weighted by atomic mass is 9.91. The third-order valence-electron chi connectivity index (χ3n) is 4.47. The van der Waals surface area contributed by atoms with Crippen molar-refractivity contribution in [2.45, 2.75) is 38.8 Å². The molecule has 2 heterocycles. The Labute approximate surface area is 141 Å². The van der Waals surface area contributed by atoms with Crippen LogP contribution in [-0.4, -0.2) is 38.9 Å². The molecule has 1 aromatic heterocycles. The van der Waals surface area contributed by atoms with Gasteiger partial charge in [-0.15, -0.1) is 5.92 Å². The lowest BCUT2D eigenvalue weighted by Crippen LogP contribution is -2.60. The van der Waals surface area contributed by atoms with E-state index in [2.05, 4.69) is 26.7 Å². The van der Waals surface area contributed by atoms with Crippen molar-refractivity contribution in [1.29, 1.82) is 5.41 Å². The number of benzene rings is 1. The summed E-state index contributed by atoms with van der Waals surface area (Å²) in [6, 6.07) is 6.00. The van der Waals surface area contributed by atoms with E-state index >= 15 is 0 Å². The summed E-state index contributed by atoms with van der Waals surface area (Å²) >= 11 is 0. The highest BCUT2D eigenvalue weighted by Gasteiger charge is 2.36. The minimum atomic E-state index is -0.412. The van der Waals surface area contributed by atoms with Gasteiger partial charge in [-0.05, 0) is 38.5 Å². The first-order valence-electron chi connectivity index (χ1n) is 7.93. The second kappa shape index (κ2) is 6.00. The fraction of sp³-hybridized carbons (Fsp3) is 0.389. The van der Waals surface area contributed by atoms with E-state index in [0.29, 0.717) is 6.42 Å². The number of aryl methyl sites for hydroxylation is 1. The molecule has 3 rings (SSSR count). The Morgan fingerprint density at radius 2 is 2.25 bits per heavy atom. The summed E-state index contributed by atoms with van der Waals surface area (Å²) in [5, 5.41) is 11.0. The van der Waals surface area contributed by atoms with Crippen molar-refractivity contribution in [3.63, 3.8) is 0 Å². The molecule has 0 saturated carbocycles. The fourth-order valence-electron chi connectivity index (χ4n) is 2.97. The number of carbonyl (C=O) groups excluding carboxylic acids is 1. The number of nitrogens with zero attached hydrogens (tertiary/aromatic N) is 3. The van der Waals surface area contributed by atoms with Gasteiger partial charge in [0.25, 0.3) is 0 Å². The van der Waals surface area contributed by atoms with Crippen molar-refractivity contribution >= 4 is 22.9 Å². The van der Waals surface area contributed by atoms with Crippen molar-refractivity contribution in [3.05, 3.63) is 30.1 Å². The van der Waals surface area contributed by atoms with Gasteiger partial charge >= 0.3 is 0 Å². The molecule has 0 spiro atoms. The Balaban J connectivity index is 1.77. The molecule has 1 atom stereocenters. The Bertz CT molecular complexity index is 852. The molecule has 0 aliphatic carbocycles. The normalized spacial score (nSPS) is 20.7. The van der Waals surface area contributed by atoms with Gasteiger partial charge in [0.2, 0.25) is 5.91 Å². The molecular weight excluding hydrogens is 302 g/mol. The van der Waals surface area contributed by atoms with E-state index in [1.54, 1.807) is 7.05 Å². The van der Waals surface area contributed by atoms with Crippen LogP contribution in [0.5, 0.6) is 0 Å². The molecule has 2 aromatic rings. The topological polar surface area (TPSA) is 74.0 Å². The smallest absolute Gasteiger partial charge is 0.231 e. The second-order valence-electron chi connectivity index (χ2n) is 6.43. The lowest BCUT2D eigenvalue weighted by molar-refractivity contribution is -0.129. The molecule has 0 radical (unpaired) electrons. The Hall–Kier alpha value is -2.81. The van der Waals surface area contributed by atoms with Crippen molar-refractivity contribution in [2.24, 2.45) is 0 Å². The molecule has 6 nitrogen and oxygen atoms in total. The summed E-state index contributed by atoms with van der Waals surface area (Å²) in [6.45, 7) is 4.53. The molecule has 1 aliphatic rings. The van der Waals surface area contributed by atoms with Crippen LogP contribution >= 0.6 is 0 Å². The molecule has 0 bridgehead atoms. The van der Waals surface area contributed by atoms with Crippen molar-refractivity contribution in [3.8, 4) is 11.8 Å². The number of guanidine groups is 1. The van der Waals surface area contributed by atoms with Crippen molar-refractivity contribution < 1.29 is 4.79 Å². The zero-order valence-corrected chi connectivity index (χ0v) is 14.2. The van der Waals surface area contributed by atoms with E-state index in [9.17, 15) is 4.79 Å². The number of fused-ring (bicyclic) bond motifs is 1. The van der Waals surface area contributed by atoms with Gasteiger partial charge in [0.05, 0.1) is 23.8 Å². The minimum Gasteiger partial charge on any atom is -0.350 e. The average Bonchev–Trinajstić information content (AvgIpc) is 2.93. The second-order valence-corrected chi connectivity index (χ2v) is 6.43. The maximum Gasteiger partial charge on any atom is 0.231 e. The summed E-state index contributed by atoms with van der Waals surface area (Å²) in [6.07, 6.45) is 2.94. The predicted octanol–water partition coefficient (Wildman–Crippen LogP) is 1.94. The van der Waals surface area contributed by atoms with Crippen LogP contribution in [0, 0.1) is 17.3 Å². The number of aromatic nitrogens is 2. The van der Waals surface area contributed by atoms with Crippen LogP contribution in [0.15, 0.2) is 24.5 Å². The van der Waals surface area contributed by atoms with Gasteiger partial charge in [-0.2, -0.15) is 0 Å². The molecule has 124 valence electrons. The number of rotatable bonds is 3. The molecule has 1 fully saturated rings. The molecule has 1 unspecified atom stereocenters. The summed E-state index contributed by atoms with van der Waals surface area (Å²) in [5.74, 6) is 6.06. The van der Waals surface area contributed by atoms with Crippen LogP contribution in [-0.2, 0) is 11.3 Å². The standard InChI is InChI=1S/C18H21N5O/c1-4-5-13-6-7-15-14(10-13)20-12-23(15)9-8-18(2)11-16(24)22(3)17(19)21-18/h6-7,10,12H,8-9,11H2,1-3H3,(H2,19,21). The highest BCUT2D eigenvalue weighted by Crippen LogP contribution is 2.23. The number of carbonyl (C=O) groups is 1. The quantitative estimate of drug-likeness (QED) is 0.848. The molecule has 2 N–H and O–H groups in total. The zero-order chi connectivity index (χ0) is 17.3. The summed E-state index contributed by atoms with van der Waals surface area (Å²) < 4.78 is 2.08. The van der Waals surface area contributed by atoms with E-state index in [0.717, 1.165) is 29.6 Å². The van der Waals surface area contributed by atoms with E-state index in [4.69, 9.17) is 5.41 Å². The van der Waals surface area contributed by atoms with Gasteiger partial charge in [0.15, 0.2) is 5.96 Å². The van der Waals surface area contributed by atoms with E-state index in [1.807, 2.05) is 38.4 Å². The summed E-state index contributed by atoms with van der Waals surface area (Å²) in [5.41, 5.74) is 2.51. The molecule has 6 heteroatoms. The van der Waals surface area contributed by atoms with Crippen molar-refractivity contribution in [2.75, 3.05) is 7.05 Å². The first-order valence-corrected chi connectivity index (χ1v) is 7.93. The monoisotopic (exact) mass is 323 g/mol. The van der Waals surface area contributed by atoms with Crippen LogP contribution in [0.25, 0.3) is 11.0 Å². The molecule has 1 aromatic carbocycles. The molecule has 24 heavy (non-hydrogen) atoms. The number of imidazole rings is 1. The maximum atomic E-state index is 12.0. The zero-order valence-electron chi connectivity index (χ0n) is 14.2. The van der Waals surface area contributed by atoms with Crippen LogP contribution in [0.2, 0.25) is 0 Å². The molecule has 1 amide bonds. The fourth-order valence-corrected chi connectivity index (χ4v) is 2.97. The summed E-state index contributed by atoms with van der Waals surface area (Å²) in [7, 11) is 1.62. The van der Waals surface area contributed by atoms with Crippen LogP contribution in [0.4, 0.5) is 0 Å². The first kappa shape index (κ1) is 16.1. The van der Waals surface area contributed by atoms with E-state index in [1.165, 1.54) is 4.90 Å². The van der Waals surface area contributed by atoms with Gasteiger partial charge in [-0.3, -0.25) is 15.1 Å².